The number of hydrogen-bond acceptors (Lipinski definition) is 4. The fraction of sp³-hybridized carbons (Fsp3) is 0.107. The average Bonchev–Trinajstić information content (AvgIpc) is 3.63. The lowest BCUT2D eigenvalue weighted by molar-refractivity contribution is -0.117. The number of nitrogens with one attached hydrogen (secondary N) is 1. The lowest BCUT2D eigenvalue weighted by Crippen LogP contribution is -2.25. The van der Waals surface area contributed by atoms with Crippen molar-refractivity contribution in [2.75, 3.05) is 16.8 Å². The van der Waals surface area contributed by atoms with E-state index < -0.39 is 11.7 Å². The largest absolute Gasteiger partial charge is 0.450 e. The van der Waals surface area contributed by atoms with Crippen molar-refractivity contribution >= 4 is 34.2 Å². The van der Waals surface area contributed by atoms with Gasteiger partial charge < -0.3 is 14.6 Å². The van der Waals surface area contributed by atoms with Crippen LogP contribution in [0.5, 0.6) is 0 Å². The van der Waals surface area contributed by atoms with Crippen LogP contribution in [0.25, 0.3) is 27.8 Å². The van der Waals surface area contributed by atoms with Gasteiger partial charge in [-0.25, -0.2) is 9.07 Å². The van der Waals surface area contributed by atoms with Gasteiger partial charge in [-0.1, -0.05) is 30.3 Å². The van der Waals surface area contributed by atoms with Crippen molar-refractivity contribution in [1.29, 1.82) is 0 Å². The van der Waals surface area contributed by atoms with Gasteiger partial charge in [0.1, 0.15) is 11.4 Å². The number of nitrogens with zero attached hydrogens (tertiary/aromatic N) is 3. The predicted molar refractivity (Wildman–Crippen MR) is 135 cm³/mol. The Morgan fingerprint density at radius 1 is 1.03 bits per heavy atom. The number of hydrogen-bond donors (Lipinski definition) is 1. The standard InChI is InChI=1S/C28H21FN4O3/c29-19-12-13-24-21(15-19)26(18-16-30-33(17-18)20-7-2-1-3-8-20)27(36-24)28(35)31-22-9-4-5-10-23(22)32-14-6-11-25(32)34/h1-5,7-10,12-13,15-17H,6,11,14H2,(H,31,35). The molecule has 8 heteroatoms. The number of carbonyl (C=O) groups excluding carboxylic acids is 2. The second-order valence-corrected chi connectivity index (χ2v) is 8.58. The Morgan fingerprint density at radius 2 is 1.83 bits per heavy atom. The van der Waals surface area contributed by atoms with Crippen LogP contribution in [0.1, 0.15) is 23.4 Å². The minimum Gasteiger partial charge on any atom is -0.450 e. The Morgan fingerprint density at radius 3 is 2.64 bits per heavy atom. The van der Waals surface area contributed by atoms with E-state index in [1.54, 1.807) is 40.2 Å². The number of furan rings is 1. The average molecular weight is 480 g/mol. The van der Waals surface area contributed by atoms with E-state index in [1.165, 1.54) is 18.2 Å². The van der Waals surface area contributed by atoms with Crippen molar-refractivity contribution in [3.63, 3.8) is 0 Å². The molecule has 36 heavy (non-hydrogen) atoms. The molecule has 2 aromatic heterocycles. The third-order valence-corrected chi connectivity index (χ3v) is 6.26. The zero-order chi connectivity index (χ0) is 24.6. The number of amides is 2. The van der Waals surface area contributed by atoms with Crippen molar-refractivity contribution in [3.8, 4) is 16.8 Å². The Kier molecular flexibility index (Phi) is 5.33. The molecule has 0 bridgehead atoms. The molecule has 0 radical (unpaired) electrons. The van der Waals surface area contributed by atoms with Crippen LogP contribution in [0.2, 0.25) is 0 Å². The molecule has 1 aliphatic rings. The van der Waals surface area contributed by atoms with Crippen LogP contribution in [0.4, 0.5) is 15.8 Å². The Bertz CT molecular complexity index is 1610. The van der Waals surface area contributed by atoms with Crippen LogP contribution < -0.4 is 10.2 Å². The molecule has 0 saturated carbocycles. The molecule has 1 N–H and O–H groups in total. The highest BCUT2D eigenvalue weighted by atomic mass is 19.1. The number of benzene rings is 3. The lowest BCUT2D eigenvalue weighted by atomic mass is 10.0. The summed E-state index contributed by atoms with van der Waals surface area (Å²) < 4.78 is 21.9. The maximum Gasteiger partial charge on any atom is 0.292 e. The molecule has 1 aliphatic heterocycles. The molecule has 3 aromatic carbocycles. The second-order valence-electron chi connectivity index (χ2n) is 8.58. The van der Waals surface area contributed by atoms with Crippen LogP contribution >= 0.6 is 0 Å². The van der Waals surface area contributed by atoms with E-state index in [0.717, 1.165) is 12.1 Å². The maximum atomic E-state index is 14.2. The fourth-order valence-electron chi connectivity index (χ4n) is 4.59. The van der Waals surface area contributed by atoms with Crippen LogP contribution in [-0.2, 0) is 4.79 Å². The number of para-hydroxylation sites is 3. The monoisotopic (exact) mass is 480 g/mol. The first-order valence-corrected chi connectivity index (χ1v) is 11.6. The summed E-state index contributed by atoms with van der Waals surface area (Å²) in [6, 6.07) is 20.8. The number of rotatable bonds is 5. The molecule has 3 heterocycles. The van der Waals surface area contributed by atoms with Crippen molar-refractivity contribution < 1.29 is 18.4 Å². The topological polar surface area (TPSA) is 80.4 Å². The molecule has 2 amide bonds. The summed E-state index contributed by atoms with van der Waals surface area (Å²) >= 11 is 0. The Hall–Kier alpha value is -4.72. The normalized spacial score (nSPS) is 13.5. The van der Waals surface area contributed by atoms with Gasteiger partial charge in [-0.15, -0.1) is 0 Å². The highest BCUT2D eigenvalue weighted by Gasteiger charge is 2.27. The zero-order valence-electron chi connectivity index (χ0n) is 19.1. The highest BCUT2D eigenvalue weighted by molar-refractivity contribution is 6.14. The quantitative estimate of drug-likeness (QED) is 0.345. The third kappa shape index (κ3) is 3.82. The summed E-state index contributed by atoms with van der Waals surface area (Å²) in [5.74, 6) is -0.895. The van der Waals surface area contributed by atoms with E-state index in [4.69, 9.17) is 4.42 Å². The van der Waals surface area contributed by atoms with Gasteiger partial charge in [0.2, 0.25) is 11.7 Å². The van der Waals surface area contributed by atoms with Gasteiger partial charge in [-0.2, -0.15) is 5.10 Å². The number of fused-ring (bicyclic) bond motifs is 1. The molecule has 0 atom stereocenters. The summed E-state index contributed by atoms with van der Waals surface area (Å²) in [5.41, 5.74) is 3.41. The van der Waals surface area contributed by atoms with Crippen molar-refractivity contribution in [3.05, 3.63) is 96.8 Å². The number of halogens is 1. The van der Waals surface area contributed by atoms with Crippen molar-refractivity contribution in [2.45, 2.75) is 12.8 Å². The first kappa shape index (κ1) is 21.8. The Balaban J connectivity index is 1.42. The maximum absolute atomic E-state index is 14.2. The molecule has 6 rings (SSSR count). The molecule has 178 valence electrons. The minimum atomic E-state index is -0.506. The first-order valence-electron chi connectivity index (χ1n) is 11.6. The summed E-state index contributed by atoms with van der Waals surface area (Å²) in [6.07, 6.45) is 4.65. The summed E-state index contributed by atoms with van der Waals surface area (Å²) in [5, 5.41) is 7.81. The van der Waals surface area contributed by atoms with E-state index in [-0.39, 0.29) is 11.7 Å². The van der Waals surface area contributed by atoms with Gasteiger partial charge in [0.05, 0.1) is 23.3 Å². The van der Waals surface area contributed by atoms with Gasteiger partial charge >= 0.3 is 0 Å². The molecule has 7 nitrogen and oxygen atoms in total. The molecule has 0 spiro atoms. The molecule has 1 fully saturated rings. The zero-order valence-corrected chi connectivity index (χ0v) is 19.1. The van der Waals surface area contributed by atoms with Crippen LogP contribution in [0.15, 0.2) is 89.6 Å². The SMILES string of the molecule is O=C(Nc1ccccc1N1CCCC1=O)c1oc2ccc(F)cc2c1-c1cnn(-c2ccccc2)c1. The van der Waals surface area contributed by atoms with Crippen LogP contribution in [0.3, 0.4) is 0 Å². The van der Waals surface area contributed by atoms with Crippen molar-refractivity contribution in [2.24, 2.45) is 0 Å². The van der Waals surface area contributed by atoms with Crippen LogP contribution in [0, 0.1) is 5.82 Å². The van der Waals surface area contributed by atoms with Gasteiger partial charge in [-0.3, -0.25) is 9.59 Å². The third-order valence-electron chi connectivity index (χ3n) is 6.26. The molecule has 1 saturated heterocycles. The molecular weight excluding hydrogens is 459 g/mol. The second kappa shape index (κ2) is 8.81. The first-order chi connectivity index (χ1) is 17.6. The number of anilines is 2. The van der Waals surface area contributed by atoms with Gasteiger partial charge in [-0.05, 0) is 48.9 Å². The fourth-order valence-corrected chi connectivity index (χ4v) is 4.59. The summed E-state index contributed by atoms with van der Waals surface area (Å²) in [4.78, 5) is 27.6. The van der Waals surface area contributed by atoms with E-state index in [0.29, 0.717) is 46.4 Å². The predicted octanol–water partition coefficient (Wildman–Crippen LogP) is 5.80. The minimum absolute atomic E-state index is 0.0185. The Labute approximate surface area is 205 Å². The lowest BCUT2D eigenvalue weighted by Gasteiger charge is -2.19. The smallest absolute Gasteiger partial charge is 0.292 e. The van der Waals surface area contributed by atoms with Gasteiger partial charge in [0.15, 0.2) is 0 Å². The van der Waals surface area contributed by atoms with E-state index in [2.05, 4.69) is 10.4 Å². The highest BCUT2D eigenvalue weighted by Crippen LogP contribution is 2.37. The van der Waals surface area contributed by atoms with Gasteiger partial charge in [0, 0.05) is 35.7 Å². The van der Waals surface area contributed by atoms with Crippen LogP contribution in [-0.4, -0.2) is 28.1 Å². The summed E-state index contributed by atoms with van der Waals surface area (Å²) in [6.45, 7) is 0.597. The number of aromatic nitrogens is 2. The van der Waals surface area contributed by atoms with Gasteiger partial charge in [0.25, 0.3) is 5.91 Å². The number of carbonyl (C=O) groups is 2. The molecule has 0 unspecified atom stereocenters. The summed E-state index contributed by atoms with van der Waals surface area (Å²) in [7, 11) is 0. The van der Waals surface area contributed by atoms with E-state index in [9.17, 15) is 14.0 Å². The molecular formula is C28H21FN4O3. The van der Waals surface area contributed by atoms with Crippen molar-refractivity contribution in [1.82, 2.24) is 9.78 Å². The van der Waals surface area contributed by atoms with E-state index in [1.807, 2.05) is 36.4 Å². The molecule has 0 aliphatic carbocycles. The molecule has 5 aromatic rings. The van der Waals surface area contributed by atoms with E-state index >= 15 is 0 Å².